The topological polar surface area (TPSA) is 39.9 Å². The summed E-state index contributed by atoms with van der Waals surface area (Å²) in [5, 5.41) is 0.778. The van der Waals surface area contributed by atoms with Gasteiger partial charge in [-0.05, 0) is 36.2 Å². The summed E-state index contributed by atoms with van der Waals surface area (Å²) in [6.45, 7) is 9.04. The van der Waals surface area contributed by atoms with Gasteiger partial charge in [0.05, 0.1) is 15.7 Å². The molecule has 0 N–H and O–H groups in total. The van der Waals surface area contributed by atoms with E-state index in [1.165, 1.54) is 4.57 Å². The second kappa shape index (κ2) is 10.2. The van der Waals surface area contributed by atoms with Crippen LogP contribution in [0.3, 0.4) is 0 Å². The molecule has 0 atom stereocenters. The molecule has 10 heteroatoms. The molecule has 0 amide bonds. The Morgan fingerprint density at radius 2 is 1.82 bits per heavy atom. The summed E-state index contributed by atoms with van der Waals surface area (Å²) < 4.78 is 47.7. The Kier molecular flexibility index (Phi) is 7.94. The molecule has 3 rings (SSSR count). The van der Waals surface area contributed by atoms with Crippen molar-refractivity contribution in [1.82, 2.24) is 14.5 Å². The quantitative estimate of drug-likeness (QED) is 0.226. The Hall–Kier alpha value is -1.87. The normalized spacial score (nSPS) is 12.4. The maximum Gasteiger partial charge on any atom is 0.434 e. The lowest BCUT2D eigenvalue weighted by Gasteiger charge is -2.16. The number of hydrogen-bond donors (Lipinski definition) is 0. The van der Waals surface area contributed by atoms with Gasteiger partial charge in [0, 0.05) is 38.2 Å². The molecule has 33 heavy (non-hydrogen) atoms. The van der Waals surface area contributed by atoms with Crippen LogP contribution >= 0.6 is 23.2 Å². The van der Waals surface area contributed by atoms with E-state index in [1.807, 2.05) is 6.92 Å². The summed E-state index contributed by atoms with van der Waals surface area (Å²) >= 11 is 12.2. The first-order valence-electron chi connectivity index (χ1n) is 10.6. The van der Waals surface area contributed by atoms with Crippen molar-refractivity contribution in [3.8, 4) is 22.6 Å². The van der Waals surface area contributed by atoms with Crippen LogP contribution in [0, 0.1) is 0 Å². The third-order valence-corrected chi connectivity index (χ3v) is 7.56. The predicted molar refractivity (Wildman–Crippen MR) is 129 cm³/mol. The Bertz CT molecular complexity index is 1130. The van der Waals surface area contributed by atoms with E-state index in [0.717, 1.165) is 17.8 Å². The molecule has 0 aliphatic rings. The Morgan fingerprint density at radius 1 is 1.09 bits per heavy atom. The molecule has 1 aromatic carbocycles. The highest BCUT2D eigenvalue weighted by atomic mass is 35.5. The van der Waals surface area contributed by atoms with E-state index in [2.05, 4.69) is 29.6 Å². The second-order valence-electron chi connectivity index (χ2n) is 8.97. The molecule has 178 valence electrons. The number of imidazole rings is 1. The molecule has 0 spiro atoms. The molecule has 0 aliphatic heterocycles. The van der Waals surface area contributed by atoms with Crippen molar-refractivity contribution in [3.05, 3.63) is 58.0 Å². The molecule has 0 unspecified atom stereocenters. The van der Waals surface area contributed by atoms with E-state index in [-0.39, 0.29) is 12.6 Å². The van der Waals surface area contributed by atoms with E-state index in [9.17, 15) is 13.2 Å². The lowest BCUT2D eigenvalue weighted by molar-refractivity contribution is -0.141. The lowest BCUT2D eigenvalue weighted by Crippen LogP contribution is -2.22. The van der Waals surface area contributed by atoms with Crippen LogP contribution in [0.15, 0.2) is 36.7 Å². The summed E-state index contributed by atoms with van der Waals surface area (Å²) in [6, 6.07) is 7.75. The number of rotatable bonds is 8. The molecule has 4 nitrogen and oxygen atoms in total. The summed E-state index contributed by atoms with van der Waals surface area (Å²) in [7, 11) is -1.32. The number of nitrogens with zero attached hydrogens (tertiary/aromatic N) is 3. The predicted octanol–water partition coefficient (Wildman–Crippen LogP) is 7.81. The maximum atomic E-state index is 13.5. The molecule has 0 aliphatic carbocycles. The van der Waals surface area contributed by atoms with Crippen molar-refractivity contribution in [3.63, 3.8) is 0 Å². The third-order valence-electron chi connectivity index (χ3n) is 5.12. The van der Waals surface area contributed by atoms with Crippen LogP contribution in [0.5, 0.6) is 0 Å². The zero-order valence-corrected chi connectivity index (χ0v) is 21.4. The van der Waals surface area contributed by atoms with Crippen molar-refractivity contribution in [1.29, 1.82) is 0 Å². The van der Waals surface area contributed by atoms with Crippen LogP contribution in [0.4, 0.5) is 13.2 Å². The highest BCUT2D eigenvalue weighted by molar-refractivity contribution is 6.76. The van der Waals surface area contributed by atoms with Gasteiger partial charge in [0.2, 0.25) is 0 Å². The van der Waals surface area contributed by atoms with E-state index in [4.69, 9.17) is 27.9 Å². The molecule has 0 fully saturated rings. The Labute approximate surface area is 202 Å². The van der Waals surface area contributed by atoms with E-state index >= 15 is 0 Å². The Morgan fingerprint density at radius 3 is 2.42 bits per heavy atom. The van der Waals surface area contributed by atoms with Gasteiger partial charge >= 0.3 is 6.18 Å². The zero-order valence-electron chi connectivity index (χ0n) is 18.9. The minimum absolute atomic E-state index is 0.0174. The molecular formula is C23H26Cl2F3N3OSi. The van der Waals surface area contributed by atoms with Gasteiger partial charge in [-0.3, -0.25) is 4.98 Å². The molecule has 2 heterocycles. The van der Waals surface area contributed by atoms with Crippen LogP contribution in [0.1, 0.15) is 18.2 Å². The molecule has 0 bridgehead atoms. The highest BCUT2D eigenvalue weighted by Gasteiger charge is 2.35. The summed E-state index contributed by atoms with van der Waals surface area (Å²) in [5.74, 6) is 0.191. The van der Waals surface area contributed by atoms with E-state index < -0.39 is 19.9 Å². The minimum atomic E-state index is -4.57. The molecule has 0 radical (unpaired) electrons. The van der Waals surface area contributed by atoms with Crippen molar-refractivity contribution >= 4 is 31.3 Å². The number of aryl methyl sites for hydroxylation is 1. The van der Waals surface area contributed by atoms with Gasteiger partial charge in [-0.1, -0.05) is 55.8 Å². The number of aromatic nitrogens is 3. The van der Waals surface area contributed by atoms with Gasteiger partial charge in [-0.15, -0.1) is 0 Å². The fourth-order valence-corrected chi connectivity index (χ4v) is 4.25. The number of pyridine rings is 1. The first-order chi connectivity index (χ1) is 15.4. The van der Waals surface area contributed by atoms with E-state index in [1.54, 1.807) is 30.5 Å². The van der Waals surface area contributed by atoms with Gasteiger partial charge in [0.1, 0.15) is 12.6 Å². The maximum absolute atomic E-state index is 13.5. The standard InChI is InChI=1S/C23H26Cl2F3N3OSi/c1-5-15-12-29-20(16-6-7-18(24)19(25)10-16)11-17(15)22-30-21(23(26,27)28)13-31(22)14-32-8-9-33(2,3)4/h6-7,10-13H,5,8-9,14H2,1-4H3. The first-order valence-corrected chi connectivity index (χ1v) is 15.0. The van der Waals surface area contributed by atoms with Crippen molar-refractivity contribution in [2.75, 3.05) is 6.61 Å². The lowest BCUT2D eigenvalue weighted by atomic mass is 10.0. The van der Waals surface area contributed by atoms with Gasteiger partial charge in [-0.2, -0.15) is 13.2 Å². The molecular weight excluding hydrogens is 490 g/mol. The average molecular weight is 516 g/mol. The second-order valence-corrected chi connectivity index (χ2v) is 15.4. The first kappa shape index (κ1) is 25.7. The van der Waals surface area contributed by atoms with Gasteiger partial charge in [0.15, 0.2) is 5.69 Å². The average Bonchev–Trinajstić information content (AvgIpc) is 3.16. The zero-order chi connectivity index (χ0) is 24.4. The van der Waals surface area contributed by atoms with Crippen molar-refractivity contribution < 1.29 is 17.9 Å². The smallest absolute Gasteiger partial charge is 0.361 e. The largest absolute Gasteiger partial charge is 0.434 e. The monoisotopic (exact) mass is 515 g/mol. The van der Waals surface area contributed by atoms with Crippen molar-refractivity contribution in [2.24, 2.45) is 0 Å². The van der Waals surface area contributed by atoms with Crippen LogP contribution in [0.2, 0.25) is 35.7 Å². The number of benzene rings is 1. The van der Waals surface area contributed by atoms with Crippen LogP contribution in [-0.4, -0.2) is 29.2 Å². The summed E-state index contributed by atoms with van der Waals surface area (Å²) in [4.78, 5) is 8.42. The summed E-state index contributed by atoms with van der Waals surface area (Å²) in [6.07, 6.45) is -1.33. The molecule has 2 aromatic heterocycles. The van der Waals surface area contributed by atoms with Crippen LogP contribution in [0.25, 0.3) is 22.6 Å². The Balaban J connectivity index is 2.03. The minimum Gasteiger partial charge on any atom is -0.361 e. The van der Waals surface area contributed by atoms with Crippen molar-refractivity contribution in [2.45, 2.75) is 51.9 Å². The van der Waals surface area contributed by atoms with Gasteiger partial charge in [0.25, 0.3) is 0 Å². The third kappa shape index (κ3) is 6.59. The summed E-state index contributed by atoms with van der Waals surface area (Å²) in [5.41, 5.74) is 1.65. The SMILES string of the molecule is CCc1cnc(-c2ccc(Cl)c(Cl)c2)cc1-c1nc(C(F)(F)F)cn1COCC[Si](C)(C)C. The van der Waals surface area contributed by atoms with Crippen LogP contribution < -0.4 is 0 Å². The fourth-order valence-electron chi connectivity index (χ4n) is 3.19. The molecule has 3 aromatic rings. The van der Waals surface area contributed by atoms with E-state index in [0.29, 0.717) is 39.9 Å². The number of halogens is 5. The number of hydrogen-bond acceptors (Lipinski definition) is 3. The fraction of sp³-hybridized carbons (Fsp3) is 0.391. The molecule has 0 saturated heterocycles. The van der Waals surface area contributed by atoms with Gasteiger partial charge in [-0.25, -0.2) is 4.98 Å². The number of alkyl halides is 3. The molecule has 0 saturated carbocycles. The van der Waals surface area contributed by atoms with Crippen LogP contribution in [-0.2, 0) is 24.1 Å². The highest BCUT2D eigenvalue weighted by Crippen LogP contribution is 2.34. The number of ether oxygens (including phenoxy) is 1. The van der Waals surface area contributed by atoms with Gasteiger partial charge < -0.3 is 9.30 Å².